The lowest BCUT2D eigenvalue weighted by Crippen LogP contribution is -2.60. The third kappa shape index (κ3) is 5.80. The largest absolute Gasteiger partial charge is 0.349 e. The Morgan fingerprint density at radius 3 is 2.14 bits per heavy atom. The first-order valence-electron chi connectivity index (χ1n) is 15.9. The number of amides is 4. The predicted molar refractivity (Wildman–Crippen MR) is 159 cm³/mol. The molecule has 2 unspecified atom stereocenters. The van der Waals surface area contributed by atoms with Crippen LogP contribution in [-0.4, -0.2) is 69.2 Å². The molecule has 1 aliphatic carbocycles. The summed E-state index contributed by atoms with van der Waals surface area (Å²) in [6.07, 6.45) is 3.81. The van der Waals surface area contributed by atoms with Crippen molar-refractivity contribution in [2.75, 3.05) is 13.1 Å². The van der Waals surface area contributed by atoms with Crippen LogP contribution < -0.4 is 5.32 Å². The molecule has 7 nitrogen and oxygen atoms in total. The molecule has 43 heavy (non-hydrogen) atoms. The van der Waals surface area contributed by atoms with Gasteiger partial charge in [0.05, 0.1) is 12.6 Å². The van der Waals surface area contributed by atoms with E-state index in [0.29, 0.717) is 25.8 Å². The van der Waals surface area contributed by atoms with E-state index in [2.05, 4.69) is 10.2 Å². The standard InChI is InChI=1S/C34H42F2N4O3/c1-2-40-32(43)39(23-24-9-5-3-6-10-24)31(42)33(40)21-27-13-14-28(22-33)38(27)20-17-29(25-11-7-4-8-12-25)37-30(41)26-15-18-34(35,36)19-16-26/h3-12,26-29H,2,13-23H2,1H3,(H,37,41)/t27?,28?,29-,33?/m0/s1. The number of rotatable bonds is 9. The maximum atomic E-state index is 14.0. The molecule has 6 rings (SSSR count). The van der Waals surface area contributed by atoms with Crippen LogP contribution in [0.4, 0.5) is 13.6 Å². The second kappa shape index (κ2) is 12.0. The first-order chi connectivity index (χ1) is 20.7. The van der Waals surface area contributed by atoms with E-state index in [4.69, 9.17) is 0 Å². The summed E-state index contributed by atoms with van der Waals surface area (Å²) in [4.78, 5) is 46.5. The van der Waals surface area contributed by atoms with Crippen LogP contribution in [0.2, 0.25) is 0 Å². The quantitative estimate of drug-likeness (QED) is 0.368. The average molecular weight is 593 g/mol. The Hall–Kier alpha value is -3.33. The average Bonchev–Trinajstić information content (AvgIpc) is 3.36. The number of nitrogens with zero attached hydrogens (tertiary/aromatic N) is 3. The summed E-state index contributed by atoms with van der Waals surface area (Å²) in [5.74, 6) is -3.27. The zero-order valence-corrected chi connectivity index (χ0v) is 24.9. The number of nitrogens with one attached hydrogen (secondary N) is 1. The Morgan fingerprint density at radius 2 is 1.53 bits per heavy atom. The fourth-order valence-electron chi connectivity index (χ4n) is 8.08. The minimum Gasteiger partial charge on any atom is -0.349 e. The van der Waals surface area contributed by atoms with Crippen LogP contribution in [0, 0.1) is 5.92 Å². The number of piperidine rings is 1. The molecule has 1 N–H and O–H groups in total. The molecule has 3 atom stereocenters. The zero-order chi connectivity index (χ0) is 30.2. The molecule has 3 heterocycles. The molecule has 3 saturated heterocycles. The molecule has 9 heteroatoms. The lowest BCUT2D eigenvalue weighted by Gasteiger charge is -2.47. The molecule has 4 fully saturated rings. The molecular formula is C34H42F2N4O3. The second-order valence-electron chi connectivity index (χ2n) is 12.9. The number of likely N-dealkylation sites (N-methyl/N-ethyl adjacent to an activating group) is 1. The molecular weight excluding hydrogens is 550 g/mol. The third-order valence-corrected chi connectivity index (χ3v) is 10.3. The molecule has 2 aromatic carbocycles. The number of hydrogen-bond acceptors (Lipinski definition) is 4. The van der Waals surface area contributed by atoms with Crippen molar-refractivity contribution >= 4 is 17.8 Å². The molecule has 1 spiro atoms. The minimum atomic E-state index is -2.67. The first-order valence-corrected chi connectivity index (χ1v) is 15.9. The van der Waals surface area contributed by atoms with Crippen LogP contribution in [-0.2, 0) is 16.1 Å². The van der Waals surface area contributed by atoms with Crippen molar-refractivity contribution in [3.8, 4) is 0 Å². The van der Waals surface area contributed by atoms with Gasteiger partial charge in [-0.25, -0.2) is 13.6 Å². The number of carbonyl (C=O) groups is 3. The third-order valence-electron chi connectivity index (χ3n) is 10.3. The number of hydrogen-bond donors (Lipinski definition) is 1. The predicted octanol–water partition coefficient (Wildman–Crippen LogP) is 5.91. The van der Waals surface area contributed by atoms with E-state index < -0.39 is 11.5 Å². The lowest BCUT2D eigenvalue weighted by molar-refractivity contribution is -0.137. The topological polar surface area (TPSA) is 73.0 Å². The molecule has 1 saturated carbocycles. The van der Waals surface area contributed by atoms with Gasteiger partial charge in [-0.3, -0.25) is 19.4 Å². The van der Waals surface area contributed by atoms with E-state index in [1.165, 1.54) is 4.90 Å². The summed E-state index contributed by atoms with van der Waals surface area (Å²) >= 11 is 0. The summed E-state index contributed by atoms with van der Waals surface area (Å²) < 4.78 is 27.4. The Labute approximate surface area is 252 Å². The molecule has 4 aliphatic rings. The number of halogens is 2. The van der Waals surface area contributed by atoms with Crippen molar-refractivity contribution in [3.05, 3.63) is 71.8 Å². The molecule has 3 aliphatic heterocycles. The molecule has 2 aromatic rings. The van der Waals surface area contributed by atoms with Crippen molar-refractivity contribution in [1.29, 1.82) is 0 Å². The van der Waals surface area contributed by atoms with Crippen LogP contribution in [0.3, 0.4) is 0 Å². The van der Waals surface area contributed by atoms with E-state index >= 15 is 0 Å². The number of fused-ring (bicyclic) bond motifs is 2. The van der Waals surface area contributed by atoms with Crippen molar-refractivity contribution in [2.45, 2.75) is 101 Å². The summed E-state index contributed by atoms with van der Waals surface area (Å²) in [6.45, 7) is 3.47. The van der Waals surface area contributed by atoms with Gasteiger partial charge in [0.25, 0.3) is 5.91 Å². The number of imide groups is 1. The Bertz CT molecular complexity index is 1300. The van der Waals surface area contributed by atoms with Crippen molar-refractivity contribution in [3.63, 3.8) is 0 Å². The van der Waals surface area contributed by atoms with Gasteiger partial charge >= 0.3 is 6.03 Å². The first kappa shape index (κ1) is 29.7. The fourth-order valence-corrected chi connectivity index (χ4v) is 8.08. The SMILES string of the molecule is CCN1C(=O)N(Cc2ccccc2)C(=O)C12CC1CCC(C2)N1CC[C@H](NC(=O)C1CCC(F)(F)CC1)c1ccccc1. The lowest BCUT2D eigenvalue weighted by atomic mass is 9.81. The fraction of sp³-hybridized carbons (Fsp3) is 0.559. The van der Waals surface area contributed by atoms with E-state index in [-0.39, 0.29) is 74.1 Å². The van der Waals surface area contributed by atoms with Crippen LogP contribution >= 0.6 is 0 Å². The summed E-state index contributed by atoms with van der Waals surface area (Å²) in [5.41, 5.74) is 1.13. The number of benzene rings is 2. The van der Waals surface area contributed by atoms with Crippen LogP contribution in [0.25, 0.3) is 0 Å². The number of alkyl halides is 2. The van der Waals surface area contributed by atoms with Gasteiger partial charge in [-0.05, 0) is 63.0 Å². The minimum absolute atomic E-state index is 0.0766. The monoisotopic (exact) mass is 592 g/mol. The Balaban J connectivity index is 1.14. The van der Waals surface area contributed by atoms with Gasteiger partial charge in [0.2, 0.25) is 11.8 Å². The molecule has 2 bridgehead atoms. The Kier molecular flexibility index (Phi) is 8.28. The zero-order valence-electron chi connectivity index (χ0n) is 24.9. The van der Waals surface area contributed by atoms with E-state index in [0.717, 1.165) is 30.5 Å². The summed E-state index contributed by atoms with van der Waals surface area (Å²) in [7, 11) is 0. The van der Waals surface area contributed by atoms with Gasteiger partial charge < -0.3 is 10.2 Å². The van der Waals surface area contributed by atoms with Gasteiger partial charge in [0, 0.05) is 43.9 Å². The maximum Gasteiger partial charge on any atom is 0.327 e. The van der Waals surface area contributed by atoms with Crippen molar-refractivity contribution < 1.29 is 23.2 Å². The van der Waals surface area contributed by atoms with Crippen LogP contribution in [0.5, 0.6) is 0 Å². The van der Waals surface area contributed by atoms with Gasteiger partial charge in [-0.2, -0.15) is 0 Å². The molecule has 0 aromatic heterocycles. The van der Waals surface area contributed by atoms with Gasteiger partial charge in [-0.1, -0.05) is 60.7 Å². The number of urea groups is 1. The van der Waals surface area contributed by atoms with Crippen molar-refractivity contribution in [1.82, 2.24) is 20.0 Å². The normalized spacial score (nSPS) is 28.1. The second-order valence-corrected chi connectivity index (χ2v) is 12.9. The van der Waals surface area contributed by atoms with Gasteiger partial charge in [0.15, 0.2) is 0 Å². The molecule has 4 amide bonds. The summed E-state index contributed by atoms with van der Waals surface area (Å²) in [5, 5.41) is 3.20. The maximum absolute atomic E-state index is 14.0. The smallest absolute Gasteiger partial charge is 0.327 e. The highest BCUT2D eigenvalue weighted by atomic mass is 19.3. The highest BCUT2D eigenvalue weighted by Crippen LogP contribution is 2.48. The van der Waals surface area contributed by atoms with Gasteiger partial charge in [0.1, 0.15) is 5.54 Å². The highest BCUT2D eigenvalue weighted by Gasteiger charge is 2.62. The number of carbonyl (C=O) groups excluding carboxylic acids is 3. The van der Waals surface area contributed by atoms with Gasteiger partial charge in [-0.15, -0.1) is 0 Å². The van der Waals surface area contributed by atoms with Crippen LogP contribution in [0.15, 0.2) is 60.7 Å². The Morgan fingerprint density at radius 1 is 0.930 bits per heavy atom. The van der Waals surface area contributed by atoms with E-state index in [1.807, 2.05) is 72.5 Å². The molecule has 230 valence electrons. The van der Waals surface area contributed by atoms with Crippen molar-refractivity contribution in [2.24, 2.45) is 5.92 Å². The van der Waals surface area contributed by atoms with E-state index in [1.54, 1.807) is 0 Å². The summed E-state index contributed by atoms with van der Waals surface area (Å²) in [6, 6.07) is 19.4. The molecule has 0 radical (unpaired) electrons. The van der Waals surface area contributed by atoms with E-state index in [9.17, 15) is 23.2 Å². The highest BCUT2D eigenvalue weighted by molar-refractivity contribution is 6.07. The van der Waals surface area contributed by atoms with Crippen LogP contribution in [0.1, 0.15) is 81.9 Å².